The number of ether oxygens (including phenoxy) is 1. The van der Waals surface area contributed by atoms with Crippen molar-refractivity contribution >= 4 is 5.69 Å². The molecule has 0 atom stereocenters. The number of benzene rings is 1. The summed E-state index contributed by atoms with van der Waals surface area (Å²) in [5.74, 6) is 0.907. The third-order valence-corrected chi connectivity index (χ3v) is 4.34. The Kier molecular flexibility index (Phi) is 4.12. The Morgan fingerprint density at radius 3 is 2.39 bits per heavy atom. The number of hydrogen-bond donors (Lipinski definition) is 1. The molecule has 1 aliphatic rings. The van der Waals surface area contributed by atoms with Crippen LogP contribution in [-0.2, 0) is 0 Å². The Labute approximate surface area is 110 Å². The molecule has 0 spiro atoms. The van der Waals surface area contributed by atoms with Crippen LogP contribution in [0, 0.1) is 5.41 Å². The molecule has 1 fully saturated rings. The van der Waals surface area contributed by atoms with E-state index in [0.717, 1.165) is 18.8 Å². The highest BCUT2D eigenvalue weighted by molar-refractivity contribution is 5.48. The van der Waals surface area contributed by atoms with Crippen molar-refractivity contribution in [1.29, 1.82) is 0 Å². The zero-order valence-electron chi connectivity index (χ0n) is 11.5. The van der Waals surface area contributed by atoms with E-state index in [1.807, 2.05) is 12.1 Å². The molecular formula is C15H24N2O. The SMILES string of the molecule is COc1ccc(N(C)CCC2(CN)CCC2)cc1. The number of nitrogens with zero attached hydrogens (tertiary/aromatic N) is 1. The number of hydrogen-bond acceptors (Lipinski definition) is 3. The molecule has 3 heteroatoms. The highest BCUT2D eigenvalue weighted by atomic mass is 16.5. The van der Waals surface area contributed by atoms with Gasteiger partial charge in [0, 0.05) is 19.3 Å². The Morgan fingerprint density at radius 1 is 1.28 bits per heavy atom. The highest BCUT2D eigenvalue weighted by Gasteiger charge is 2.35. The van der Waals surface area contributed by atoms with Gasteiger partial charge in [-0.1, -0.05) is 6.42 Å². The van der Waals surface area contributed by atoms with Crippen LogP contribution < -0.4 is 15.4 Å². The predicted octanol–water partition coefficient (Wildman–Crippen LogP) is 2.65. The normalized spacial score (nSPS) is 17.1. The summed E-state index contributed by atoms with van der Waals surface area (Å²) in [7, 11) is 3.84. The van der Waals surface area contributed by atoms with Crippen LogP contribution in [0.3, 0.4) is 0 Å². The van der Waals surface area contributed by atoms with Crippen molar-refractivity contribution in [3.8, 4) is 5.75 Å². The Balaban J connectivity index is 1.88. The second-order valence-electron chi connectivity index (χ2n) is 5.43. The van der Waals surface area contributed by atoms with Gasteiger partial charge in [-0.15, -0.1) is 0 Å². The van der Waals surface area contributed by atoms with E-state index in [1.54, 1.807) is 7.11 Å². The topological polar surface area (TPSA) is 38.5 Å². The van der Waals surface area contributed by atoms with Crippen LogP contribution in [-0.4, -0.2) is 27.2 Å². The van der Waals surface area contributed by atoms with Crippen molar-refractivity contribution in [3.63, 3.8) is 0 Å². The number of nitrogens with two attached hydrogens (primary N) is 1. The minimum absolute atomic E-state index is 0.431. The van der Waals surface area contributed by atoms with E-state index in [-0.39, 0.29) is 0 Å². The molecule has 1 aromatic carbocycles. The van der Waals surface area contributed by atoms with E-state index in [0.29, 0.717) is 5.41 Å². The third-order valence-electron chi connectivity index (χ3n) is 4.34. The molecule has 100 valence electrons. The fraction of sp³-hybridized carbons (Fsp3) is 0.600. The maximum Gasteiger partial charge on any atom is 0.119 e. The van der Waals surface area contributed by atoms with Crippen LogP contribution in [0.15, 0.2) is 24.3 Å². The van der Waals surface area contributed by atoms with Crippen molar-refractivity contribution < 1.29 is 4.74 Å². The van der Waals surface area contributed by atoms with Gasteiger partial charge in [-0.25, -0.2) is 0 Å². The highest BCUT2D eigenvalue weighted by Crippen LogP contribution is 2.43. The van der Waals surface area contributed by atoms with Crippen molar-refractivity contribution in [2.45, 2.75) is 25.7 Å². The standard InChI is InChI=1S/C15H24N2O/c1-17(11-10-15(12-16)8-3-9-15)13-4-6-14(18-2)7-5-13/h4-7H,3,8-12,16H2,1-2H3. The van der Waals surface area contributed by atoms with Gasteiger partial charge in [0.25, 0.3) is 0 Å². The quantitative estimate of drug-likeness (QED) is 0.841. The summed E-state index contributed by atoms with van der Waals surface area (Å²) >= 11 is 0. The van der Waals surface area contributed by atoms with Crippen LogP contribution in [0.25, 0.3) is 0 Å². The maximum atomic E-state index is 5.90. The molecule has 0 heterocycles. The first kappa shape index (κ1) is 13.2. The molecule has 3 nitrogen and oxygen atoms in total. The number of anilines is 1. The summed E-state index contributed by atoms with van der Waals surface area (Å²) < 4.78 is 5.17. The van der Waals surface area contributed by atoms with E-state index in [4.69, 9.17) is 10.5 Å². The van der Waals surface area contributed by atoms with Gasteiger partial charge < -0.3 is 15.4 Å². The van der Waals surface area contributed by atoms with Crippen molar-refractivity contribution in [3.05, 3.63) is 24.3 Å². The second kappa shape index (κ2) is 5.61. The molecule has 0 bridgehead atoms. The van der Waals surface area contributed by atoms with E-state index >= 15 is 0 Å². The first-order chi connectivity index (χ1) is 8.69. The summed E-state index contributed by atoms with van der Waals surface area (Å²) in [6.45, 7) is 1.91. The second-order valence-corrected chi connectivity index (χ2v) is 5.43. The lowest BCUT2D eigenvalue weighted by atomic mass is 9.66. The predicted molar refractivity (Wildman–Crippen MR) is 76.2 cm³/mol. The van der Waals surface area contributed by atoms with Gasteiger partial charge in [-0.3, -0.25) is 0 Å². The fourth-order valence-corrected chi connectivity index (χ4v) is 2.60. The number of methoxy groups -OCH3 is 1. The Morgan fingerprint density at radius 2 is 1.94 bits per heavy atom. The smallest absolute Gasteiger partial charge is 0.119 e. The molecule has 2 rings (SSSR count). The molecule has 1 aromatic rings. The average molecular weight is 248 g/mol. The largest absolute Gasteiger partial charge is 0.497 e. The van der Waals surface area contributed by atoms with E-state index in [1.165, 1.54) is 31.4 Å². The zero-order valence-corrected chi connectivity index (χ0v) is 11.5. The van der Waals surface area contributed by atoms with Crippen LogP contribution in [0.1, 0.15) is 25.7 Å². The lowest BCUT2D eigenvalue weighted by Crippen LogP contribution is -2.40. The fourth-order valence-electron chi connectivity index (χ4n) is 2.60. The summed E-state index contributed by atoms with van der Waals surface area (Å²) in [5.41, 5.74) is 7.57. The molecule has 0 radical (unpaired) electrons. The summed E-state index contributed by atoms with van der Waals surface area (Å²) in [6, 6.07) is 8.23. The van der Waals surface area contributed by atoms with Gasteiger partial charge in [-0.2, -0.15) is 0 Å². The van der Waals surface area contributed by atoms with Gasteiger partial charge in [-0.05, 0) is 55.5 Å². The Bertz CT molecular complexity index is 365. The van der Waals surface area contributed by atoms with E-state index in [9.17, 15) is 0 Å². The van der Waals surface area contributed by atoms with Gasteiger partial charge in [0.05, 0.1) is 7.11 Å². The average Bonchev–Trinajstić information content (AvgIpc) is 2.38. The van der Waals surface area contributed by atoms with Crippen molar-refractivity contribution in [2.24, 2.45) is 11.1 Å². The molecule has 0 unspecified atom stereocenters. The van der Waals surface area contributed by atoms with Gasteiger partial charge in [0.15, 0.2) is 0 Å². The molecule has 0 amide bonds. The van der Waals surface area contributed by atoms with Crippen LogP contribution in [0.5, 0.6) is 5.75 Å². The maximum absolute atomic E-state index is 5.90. The molecule has 0 aromatic heterocycles. The molecule has 0 saturated heterocycles. The first-order valence-corrected chi connectivity index (χ1v) is 6.74. The minimum atomic E-state index is 0.431. The lowest BCUT2D eigenvalue weighted by Gasteiger charge is -2.42. The first-order valence-electron chi connectivity index (χ1n) is 6.74. The van der Waals surface area contributed by atoms with Crippen molar-refractivity contribution in [2.75, 3.05) is 32.1 Å². The van der Waals surface area contributed by atoms with E-state index < -0.39 is 0 Å². The molecule has 18 heavy (non-hydrogen) atoms. The number of rotatable bonds is 6. The van der Waals surface area contributed by atoms with Gasteiger partial charge in [0.1, 0.15) is 5.75 Å². The molecular weight excluding hydrogens is 224 g/mol. The van der Waals surface area contributed by atoms with Crippen molar-refractivity contribution in [1.82, 2.24) is 0 Å². The molecule has 1 aliphatic carbocycles. The van der Waals surface area contributed by atoms with Crippen LogP contribution in [0.2, 0.25) is 0 Å². The van der Waals surface area contributed by atoms with E-state index in [2.05, 4.69) is 24.1 Å². The molecule has 0 aliphatic heterocycles. The molecule has 1 saturated carbocycles. The Hall–Kier alpha value is -1.22. The minimum Gasteiger partial charge on any atom is -0.497 e. The van der Waals surface area contributed by atoms with Gasteiger partial charge >= 0.3 is 0 Å². The van der Waals surface area contributed by atoms with Crippen LogP contribution in [0.4, 0.5) is 5.69 Å². The summed E-state index contributed by atoms with van der Waals surface area (Å²) in [4.78, 5) is 2.30. The molecule has 2 N–H and O–H groups in total. The summed E-state index contributed by atoms with van der Waals surface area (Å²) in [5, 5.41) is 0. The summed E-state index contributed by atoms with van der Waals surface area (Å²) in [6.07, 6.45) is 5.16. The lowest BCUT2D eigenvalue weighted by molar-refractivity contribution is 0.134. The van der Waals surface area contributed by atoms with Crippen LogP contribution >= 0.6 is 0 Å². The van der Waals surface area contributed by atoms with Gasteiger partial charge in [0.2, 0.25) is 0 Å². The zero-order chi connectivity index (χ0) is 13.0. The third kappa shape index (κ3) is 2.78. The monoisotopic (exact) mass is 248 g/mol.